The van der Waals surface area contributed by atoms with Crippen LogP contribution < -0.4 is 11.1 Å². The molecule has 106 valence electrons. The number of nitrogens with two attached hydrogens (primary N) is 1. The molecule has 3 aliphatic rings. The zero-order chi connectivity index (χ0) is 12.5. The molecule has 0 saturated heterocycles. The normalized spacial score (nSPS) is 35.7. The van der Waals surface area contributed by atoms with Gasteiger partial charge in [0.1, 0.15) is 0 Å². The van der Waals surface area contributed by atoms with Crippen molar-refractivity contribution in [3.05, 3.63) is 23.8 Å². The third-order valence-corrected chi connectivity index (χ3v) is 4.70. The largest absolute Gasteiger partial charge is 0.352 e. The van der Waals surface area contributed by atoms with Crippen LogP contribution in [0.2, 0.25) is 0 Å². The first-order valence-corrected chi connectivity index (χ1v) is 7.15. The molecule has 1 saturated carbocycles. The minimum absolute atomic E-state index is 0. The molecule has 2 bridgehead atoms. The van der Waals surface area contributed by atoms with E-state index in [1.807, 2.05) is 0 Å². The van der Waals surface area contributed by atoms with Crippen molar-refractivity contribution in [3.8, 4) is 0 Å². The third-order valence-electron chi connectivity index (χ3n) is 4.70. The van der Waals surface area contributed by atoms with Crippen LogP contribution in [0.15, 0.2) is 23.8 Å². The number of halogens is 1. The van der Waals surface area contributed by atoms with E-state index in [9.17, 15) is 4.79 Å². The molecule has 3 aliphatic carbocycles. The van der Waals surface area contributed by atoms with Gasteiger partial charge in [0.25, 0.3) is 0 Å². The maximum absolute atomic E-state index is 12.2. The summed E-state index contributed by atoms with van der Waals surface area (Å²) in [6, 6.07) is 0.0281. The molecular weight excluding hydrogens is 260 g/mol. The van der Waals surface area contributed by atoms with Gasteiger partial charge in [0, 0.05) is 12.6 Å². The van der Waals surface area contributed by atoms with E-state index in [2.05, 4.69) is 23.5 Å². The summed E-state index contributed by atoms with van der Waals surface area (Å²) in [5.74, 6) is 0.972. The van der Waals surface area contributed by atoms with E-state index in [4.69, 9.17) is 5.73 Å². The van der Waals surface area contributed by atoms with Crippen LogP contribution in [0.4, 0.5) is 0 Å². The first-order chi connectivity index (χ1) is 8.75. The van der Waals surface area contributed by atoms with Gasteiger partial charge < -0.3 is 11.1 Å². The molecule has 0 aromatic rings. The van der Waals surface area contributed by atoms with Crippen molar-refractivity contribution in [2.45, 2.75) is 38.1 Å². The third kappa shape index (κ3) is 2.87. The Bertz CT molecular complexity index is 405. The Morgan fingerprint density at radius 2 is 2.11 bits per heavy atom. The smallest absolute Gasteiger partial charge is 0.225 e. The molecule has 0 aromatic carbocycles. The van der Waals surface area contributed by atoms with E-state index in [-0.39, 0.29) is 30.3 Å². The van der Waals surface area contributed by atoms with Crippen molar-refractivity contribution in [2.75, 3.05) is 6.54 Å². The highest BCUT2D eigenvalue weighted by atomic mass is 35.5. The van der Waals surface area contributed by atoms with Crippen molar-refractivity contribution in [3.63, 3.8) is 0 Å². The Balaban J connectivity index is 0.00000133. The maximum atomic E-state index is 12.2. The molecule has 0 aromatic heterocycles. The Hall–Kier alpha value is -0.800. The Labute approximate surface area is 121 Å². The van der Waals surface area contributed by atoms with E-state index in [0.717, 1.165) is 19.4 Å². The second kappa shape index (κ2) is 6.10. The predicted molar refractivity (Wildman–Crippen MR) is 79.0 cm³/mol. The molecule has 0 heterocycles. The van der Waals surface area contributed by atoms with E-state index in [1.54, 1.807) is 0 Å². The monoisotopic (exact) mass is 282 g/mol. The lowest BCUT2D eigenvalue weighted by molar-refractivity contribution is -0.125. The first kappa shape index (κ1) is 14.6. The molecule has 0 unspecified atom stereocenters. The van der Waals surface area contributed by atoms with Crippen LogP contribution in [0, 0.1) is 17.8 Å². The first-order valence-electron chi connectivity index (χ1n) is 7.15. The van der Waals surface area contributed by atoms with Gasteiger partial charge in [-0.05, 0) is 43.9 Å². The van der Waals surface area contributed by atoms with E-state index < -0.39 is 0 Å². The van der Waals surface area contributed by atoms with Crippen LogP contribution >= 0.6 is 12.4 Å². The second-order valence-corrected chi connectivity index (χ2v) is 5.88. The fourth-order valence-electron chi connectivity index (χ4n) is 3.61. The number of fused-ring (bicyclic) bond motifs is 2. The van der Waals surface area contributed by atoms with Gasteiger partial charge in [0.15, 0.2) is 0 Å². The number of hydrogen-bond donors (Lipinski definition) is 2. The number of nitrogens with one attached hydrogen (secondary N) is 1. The highest BCUT2D eigenvalue weighted by Gasteiger charge is 2.46. The summed E-state index contributed by atoms with van der Waals surface area (Å²) in [6.45, 7) is 0.725. The minimum atomic E-state index is 0. The summed E-state index contributed by atoms with van der Waals surface area (Å²) < 4.78 is 0. The number of hydrogen-bond acceptors (Lipinski definition) is 2. The molecular formula is C15H23ClN2O. The van der Waals surface area contributed by atoms with Gasteiger partial charge in [0.2, 0.25) is 5.91 Å². The van der Waals surface area contributed by atoms with E-state index >= 15 is 0 Å². The Morgan fingerprint density at radius 1 is 1.32 bits per heavy atom. The SMILES string of the molecule is Cl.N[C@@H]1[C@H](C(=O)NCC2=CCCCC2)[C@@H]2C=C[C@H]1C2. The van der Waals surface area contributed by atoms with Gasteiger partial charge in [-0.25, -0.2) is 0 Å². The number of carbonyl (C=O) groups excluding carboxylic acids is 1. The standard InChI is InChI=1S/C15H22N2O.ClH/c16-14-12-7-6-11(8-12)13(14)15(18)17-9-10-4-2-1-3-5-10;/h4,6-7,11-14H,1-3,5,8-9,16H2,(H,17,18);1H/t11-,12+,13-,14+;/m1./s1. The van der Waals surface area contributed by atoms with Crippen molar-refractivity contribution < 1.29 is 4.79 Å². The maximum Gasteiger partial charge on any atom is 0.225 e. The summed E-state index contributed by atoms with van der Waals surface area (Å²) >= 11 is 0. The molecule has 4 heteroatoms. The van der Waals surface area contributed by atoms with Gasteiger partial charge in [-0.2, -0.15) is 0 Å². The number of amides is 1. The highest BCUT2D eigenvalue weighted by molar-refractivity contribution is 5.85. The van der Waals surface area contributed by atoms with Crippen molar-refractivity contribution in [1.29, 1.82) is 0 Å². The van der Waals surface area contributed by atoms with Crippen LogP contribution in [0.3, 0.4) is 0 Å². The average Bonchev–Trinajstić information content (AvgIpc) is 2.98. The molecule has 19 heavy (non-hydrogen) atoms. The van der Waals surface area contributed by atoms with Gasteiger partial charge in [-0.1, -0.05) is 23.8 Å². The summed E-state index contributed by atoms with van der Waals surface area (Å²) in [7, 11) is 0. The summed E-state index contributed by atoms with van der Waals surface area (Å²) in [5.41, 5.74) is 7.54. The molecule has 3 rings (SSSR count). The fraction of sp³-hybridized carbons (Fsp3) is 0.667. The van der Waals surface area contributed by atoms with Gasteiger partial charge in [0.05, 0.1) is 5.92 Å². The Kier molecular flexibility index (Phi) is 4.69. The molecule has 0 aliphatic heterocycles. The molecule has 1 amide bonds. The van der Waals surface area contributed by atoms with Gasteiger partial charge in [-0.3, -0.25) is 4.79 Å². The highest BCUT2D eigenvalue weighted by Crippen LogP contribution is 2.42. The molecule has 4 atom stereocenters. The summed E-state index contributed by atoms with van der Waals surface area (Å²) in [5, 5.41) is 3.09. The predicted octanol–water partition coefficient (Wildman–Crippen LogP) is 2.17. The van der Waals surface area contributed by atoms with Gasteiger partial charge >= 0.3 is 0 Å². The van der Waals surface area contributed by atoms with E-state index in [1.165, 1.54) is 24.8 Å². The van der Waals surface area contributed by atoms with Crippen molar-refractivity contribution >= 4 is 18.3 Å². The average molecular weight is 283 g/mol. The van der Waals surface area contributed by atoms with Crippen LogP contribution in [0.25, 0.3) is 0 Å². The minimum Gasteiger partial charge on any atom is -0.352 e. The molecule has 3 nitrogen and oxygen atoms in total. The molecule has 0 spiro atoms. The van der Waals surface area contributed by atoms with Crippen molar-refractivity contribution in [1.82, 2.24) is 5.32 Å². The summed E-state index contributed by atoms with van der Waals surface area (Å²) in [6.07, 6.45) is 12.6. The molecule has 0 radical (unpaired) electrons. The van der Waals surface area contributed by atoms with Crippen molar-refractivity contribution in [2.24, 2.45) is 23.5 Å². The van der Waals surface area contributed by atoms with Crippen LogP contribution in [0.1, 0.15) is 32.1 Å². The number of allylic oxidation sites excluding steroid dienone is 2. The zero-order valence-corrected chi connectivity index (χ0v) is 12.0. The van der Waals surface area contributed by atoms with Crippen LogP contribution in [-0.2, 0) is 4.79 Å². The fourth-order valence-corrected chi connectivity index (χ4v) is 3.61. The lowest BCUT2D eigenvalue weighted by Crippen LogP contribution is -2.44. The lowest BCUT2D eigenvalue weighted by Gasteiger charge is -2.24. The quantitative estimate of drug-likeness (QED) is 0.780. The second-order valence-electron chi connectivity index (χ2n) is 5.88. The van der Waals surface area contributed by atoms with Crippen LogP contribution in [-0.4, -0.2) is 18.5 Å². The number of rotatable bonds is 3. The van der Waals surface area contributed by atoms with E-state index in [0.29, 0.717) is 11.8 Å². The number of carbonyl (C=O) groups is 1. The Morgan fingerprint density at radius 3 is 2.74 bits per heavy atom. The summed E-state index contributed by atoms with van der Waals surface area (Å²) in [4.78, 5) is 12.2. The van der Waals surface area contributed by atoms with Crippen LogP contribution in [0.5, 0.6) is 0 Å². The lowest BCUT2D eigenvalue weighted by atomic mass is 9.88. The molecule has 3 N–H and O–H groups in total. The topological polar surface area (TPSA) is 55.1 Å². The molecule has 1 fully saturated rings. The van der Waals surface area contributed by atoms with Gasteiger partial charge in [-0.15, -0.1) is 12.4 Å². The zero-order valence-electron chi connectivity index (χ0n) is 11.2.